The van der Waals surface area contributed by atoms with Gasteiger partial charge in [-0.3, -0.25) is 0 Å². The van der Waals surface area contributed by atoms with Gasteiger partial charge in [0.1, 0.15) is 12.9 Å². The Hall–Kier alpha value is -1.25. The Morgan fingerprint density at radius 1 is 1.33 bits per heavy atom. The molecular formula is C9H12BN2. The van der Waals surface area contributed by atoms with Crippen molar-refractivity contribution in [3.63, 3.8) is 0 Å². The summed E-state index contributed by atoms with van der Waals surface area (Å²) in [5.41, 5.74) is 0.956. The van der Waals surface area contributed by atoms with Crippen LogP contribution in [0.3, 0.4) is 0 Å². The van der Waals surface area contributed by atoms with Crippen LogP contribution >= 0.6 is 0 Å². The highest BCUT2D eigenvalue weighted by molar-refractivity contribution is 6.31. The van der Waals surface area contributed by atoms with Crippen molar-refractivity contribution in [3.05, 3.63) is 30.6 Å². The second-order valence-electron chi connectivity index (χ2n) is 2.50. The summed E-state index contributed by atoms with van der Waals surface area (Å²) in [6.45, 7) is 4.00. The van der Waals surface area contributed by atoms with E-state index in [-0.39, 0.29) is 0 Å². The van der Waals surface area contributed by atoms with Gasteiger partial charge in [0.25, 0.3) is 0 Å². The third kappa shape index (κ3) is 2.12. The van der Waals surface area contributed by atoms with Crippen molar-refractivity contribution in [2.45, 2.75) is 13.6 Å². The van der Waals surface area contributed by atoms with E-state index >= 15 is 0 Å². The van der Waals surface area contributed by atoms with Gasteiger partial charge in [-0.25, -0.2) is 4.98 Å². The maximum absolute atomic E-state index is 4.09. The number of nitrogens with one attached hydrogen (secondary N) is 1. The van der Waals surface area contributed by atoms with E-state index in [0.717, 1.165) is 11.0 Å². The molecule has 0 aliphatic rings. The van der Waals surface area contributed by atoms with E-state index in [4.69, 9.17) is 0 Å². The fourth-order valence-electron chi connectivity index (χ4n) is 0.883. The maximum atomic E-state index is 4.09. The molecule has 0 saturated carbocycles. The number of nitrogens with zero attached hydrogens (tertiary/aromatic N) is 1. The van der Waals surface area contributed by atoms with Crippen molar-refractivity contribution < 1.29 is 0 Å². The smallest absolute Gasteiger partial charge is 0.137 e. The fraction of sp³-hybridized carbons (Fsp3) is 0.222. The average Bonchev–Trinajstić information content (AvgIpc) is 2.52. The molecule has 1 N–H and O–H groups in total. The van der Waals surface area contributed by atoms with Crippen molar-refractivity contribution >= 4 is 18.3 Å². The van der Waals surface area contributed by atoms with Crippen molar-refractivity contribution in [1.29, 1.82) is 0 Å². The van der Waals surface area contributed by atoms with Crippen molar-refractivity contribution in [2.24, 2.45) is 0 Å². The van der Waals surface area contributed by atoms with Crippen LogP contribution < -0.4 is 0 Å². The van der Waals surface area contributed by atoms with Crippen LogP contribution in [0, 0.1) is 0 Å². The molecule has 2 heterocycles. The lowest BCUT2D eigenvalue weighted by Gasteiger charge is -1.82. The van der Waals surface area contributed by atoms with Gasteiger partial charge >= 0.3 is 0 Å². The minimum absolute atomic E-state index is 0.956. The first-order valence-corrected chi connectivity index (χ1v) is 4.00. The lowest BCUT2D eigenvalue weighted by molar-refractivity contribution is 1.33. The summed E-state index contributed by atoms with van der Waals surface area (Å²) < 4.78 is 0. The Labute approximate surface area is 73.3 Å². The monoisotopic (exact) mass is 159 g/mol. The summed E-state index contributed by atoms with van der Waals surface area (Å²) >= 11 is 0. The lowest BCUT2D eigenvalue weighted by Crippen LogP contribution is -1.70. The van der Waals surface area contributed by atoms with Gasteiger partial charge in [0.15, 0.2) is 0 Å². The number of H-pyrrole nitrogens is 1. The summed E-state index contributed by atoms with van der Waals surface area (Å²) in [6, 6.07) is 5.96. The second kappa shape index (κ2) is 4.60. The molecule has 2 aromatic heterocycles. The maximum Gasteiger partial charge on any atom is 0.137 e. The molecule has 0 fully saturated rings. The van der Waals surface area contributed by atoms with Crippen LogP contribution in [0.5, 0.6) is 0 Å². The Morgan fingerprint density at radius 3 is 2.75 bits per heavy atom. The number of fused-ring (bicyclic) bond motifs is 1. The second-order valence-corrected chi connectivity index (χ2v) is 2.50. The normalized spacial score (nSPS) is 8.83. The molecule has 0 saturated heterocycles. The van der Waals surface area contributed by atoms with Crippen LogP contribution in [-0.4, -0.2) is 17.2 Å². The van der Waals surface area contributed by atoms with Crippen LogP contribution in [0.4, 0.5) is 0 Å². The van der Waals surface area contributed by atoms with Gasteiger partial charge in [-0.05, 0) is 18.2 Å². The molecule has 2 aromatic rings. The molecule has 1 radical (unpaired) electrons. The van der Waals surface area contributed by atoms with Crippen LogP contribution in [0.2, 0.25) is 13.6 Å². The summed E-state index contributed by atoms with van der Waals surface area (Å²) in [4.78, 5) is 7.09. The first kappa shape index (κ1) is 8.85. The molecule has 0 aliphatic carbocycles. The van der Waals surface area contributed by atoms with Crippen LogP contribution in [0.25, 0.3) is 11.0 Å². The molecule has 0 aliphatic heterocycles. The third-order valence-corrected chi connectivity index (χ3v) is 1.32. The molecule has 0 spiro atoms. The first-order valence-electron chi connectivity index (χ1n) is 4.00. The zero-order valence-electron chi connectivity index (χ0n) is 7.41. The molecular weight excluding hydrogens is 147 g/mol. The third-order valence-electron chi connectivity index (χ3n) is 1.32. The van der Waals surface area contributed by atoms with Gasteiger partial charge in [0.05, 0.1) is 0 Å². The van der Waals surface area contributed by atoms with E-state index in [9.17, 15) is 0 Å². The Balaban J connectivity index is 0.000000213. The SMILES string of the molecule is C[B]C.c1cnc2[nH]ccc2c1. The first-order chi connectivity index (χ1) is 5.88. The molecule has 12 heavy (non-hydrogen) atoms. The van der Waals surface area contributed by atoms with E-state index in [2.05, 4.69) is 9.97 Å². The molecule has 0 bridgehead atoms. The van der Waals surface area contributed by atoms with Crippen molar-refractivity contribution in [3.8, 4) is 0 Å². The number of rotatable bonds is 0. The molecule has 61 valence electrons. The lowest BCUT2D eigenvalue weighted by atomic mass is 9.88. The van der Waals surface area contributed by atoms with Crippen LogP contribution in [0.1, 0.15) is 0 Å². The molecule has 0 aromatic carbocycles. The standard InChI is InChI=1S/C7H6N2.C2H6B/c1-2-6-3-5-9-7(6)8-4-1;1-3-2/h1-5H,(H,8,9);1-2H3. The van der Waals surface area contributed by atoms with E-state index in [1.807, 2.05) is 45.3 Å². The predicted molar refractivity (Wildman–Crippen MR) is 53.6 cm³/mol. The number of aromatic amines is 1. The highest BCUT2D eigenvalue weighted by atomic mass is 14.8. The Morgan fingerprint density at radius 2 is 2.08 bits per heavy atom. The molecule has 3 heteroatoms. The summed E-state index contributed by atoms with van der Waals surface area (Å²) in [7, 11) is 2.00. The minimum atomic E-state index is 0.956. The Bertz CT molecular complexity index is 300. The zero-order chi connectivity index (χ0) is 8.81. The van der Waals surface area contributed by atoms with Crippen molar-refractivity contribution in [1.82, 2.24) is 9.97 Å². The fourth-order valence-corrected chi connectivity index (χ4v) is 0.883. The van der Waals surface area contributed by atoms with Crippen LogP contribution in [0.15, 0.2) is 30.6 Å². The van der Waals surface area contributed by atoms with Gasteiger partial charge < -0.3 is 4.98 Å². The number of hydrogen-bond acceptors (Lipinski definition) is 1. The van der Waals surface area contributed by atoms with Gasteiger partial charge in [0.2, 0.25) is 0 Å². The number of pyridine rings is 1. The van der Waals surface area contributed by atoms with E-state index in [1.54, 1.807) is 6.20 Å². The largest absolute Gasteiger partial charge is 0.346 e. The van der Waals surface area contributed by atoms with E-state index in [1.165, 1.54) is 0 Å². The van der Waals surface area contributed by atoms with Gasteiger partial charge in [-0.2, -0.15) is 0 Å². The molecule has 2 nitrogen and oxygen atoms in total. The Kier molecular flexibility index (Phi) is 3.39. The summed E-state index contributed by atoms with van der Waals surface area (Å²) in [5.74, 6) is 0. The molecule has 0 atom stereocenters. The highest BCUT2D eigenvalue weighted by Crippen LogP contribution is 2.05. The highest BCUT2D eigenvalue weighted by Gasteiger charge is 1.88. The summed E-state index contributed by atoms with van der Waals surface area (Å²) in [5, 5.41) is 1.16. The zero-order valence-corrected chi connectivity index (χ0v) is 7.41. The summed E-state index contributed by atoms with van der Waals surface area (Å²) in [6.07, 6.45) is 3.66. The van der Waals surface area contributed by atoms with Gasteiger partial charge in [-0.15, -0.1) is 0 Å². The number of aromatic nitrogens is 2. The number of hydrogen-bond donors (Lipinski definition) is 1. The quantitative estimate of drug-likeness (QED) is 0.587. The average molecular weight is 159 g/mol. The van der Waals surface area contributed by atoms with E-state index < -0.39 is 0 Å². The molecule has 2 rings (SSSR count). The topological polar surface area (TPSA) is 28.7 Å². The minimum Gasteiger partial charge on any atom is -0.346 e. The van der Waals surface area contributed by atoms with Crippen molar-refractivity contribution in [2.75, 3.05) is 0 Å². The molecule has 0 amide bonds. The predicted octanol–water partition coefficient (Wildman–Crippen LogP) is 2.35. The van der Waals surface area contributed by atoms with Crippen LogP contribution in [-0.2, 0) is 0 Å². The molecule has 0 unspecified atom stereocenters. The van der Waals surface area contributed by atoms with E-state index in [0.29, 0.717) is 0 Å². The van der Waals surface area contributed by atoms with Gasteiger partial charge in [0, 0.05) is 17.8 Å². The van der Waals surface area contributed by atoms with Gasteiger partial charge in [-0.1, -0.05) is 13.6 Å².